The smallest absolute Gasteiger partial charge is 0.270 e. The van der Waals surface area contributed by atoms with Gasteiger partial charge in [0.15, 0.2) is 0 Å². The molecule has 1 atom stereocenters. The molecule has 1 aromatic carbocycles. The number of halogens is 1. The first kappa shape index (κ1) is 14.9. The van der Waals surface area contributed by atoms with Crippen LogP contribution in [0.2, 0.25) is 0 Å². The summed E-state index contributed by atoms with van der Waals surface area (Å²) in [7, 11) is 0. The predicted octanol–water partition coefficient (Wildman–Crippen LogP) is 0.616. The zero-order valence-corrected chi connectivity index (χ0v) is 12.3. The van der Waals surface area contributed by atoms with Crippen molar-refractivity contribution in [3.63, 3.8) is 0 Å². The summed E-state index contributed by atoms with van der Waals surface area (Å²) >= 11 is 3.34. The molecule has 0 bridgehead atoms. The van der Waals surface area contributed by atoms with Crippen LogP contribution in [0.5, 0.6) is 0 Å². The number of nitro groups is 1. The van der Waals surface area contributed by atoms with Crippen LogP contribution in [0.1, 0.15) is 5.56 Å². The van der Waals surface area contributed by atoms with Gasteiger partial charge in [0.05, 0.1) is 4.92 Å². The van der Waals surface area contributed by atoms with E-state index in [9.17, 15) is 14.9 Å². The summed E-state index contributed by atoms with van der Waals surface area (Å²) in [6.45, 7) is 2.54. The summed E-state index contributed by atoms with van der Waals surface area (Å²) in [5, 5.41) is 13.8. The lowest BCUT2D eigenvalue weighted by Gasteiger charge is -2.34. The largest absolute Gasteiger partial charge is 0.368 e. The van der Waals surface area contributed by atoms with Crippen LogP contribution >= 0.6 is 15.9 Å². The lowest BCUT2D eigenvalue weighted by molar-refractivity contribution is -0.384. The van der Waals surface area contributed by atoms with Gasteiger partial charge in [-0.25, -0.2) is 0 Å². The molecule has 2 rings (SSSR count). The molecule has 20 heavy (non-hydrogen) atoms. The standard InChI is InChI=1S/C12H15BrN4O3/c13-10-5-9(17(19)20)2-1-8(10)7-16-4-3-15-6-11(16)12(14)18/h1-2,5,11,15H,3-4,6-7H2,(H2,14,18). The Bertz CT molecular complexity index is 537. The van der Waals surface area contributed by atoms with Crippen molar-refractivity contribution >= 4 is 27.5 Å². The van der Waals surface area contributed by atoms with Gasteiger partial charge in [0.1, 0.15) is 6.04 Å². The van der Waals surface area contributed by atoms with E-state index in [-0.39, 0.29) is 17.6 Å². The quantitative estimate of drug-likeness (QED) is 0.616. The molecule has 1 aliphatic heterocycles. The Balaban J connectivity index is 2.16. The number of primary amides is 1. The number of carbonyl (C=O) groups excluding carboxylic acids is 1. The van der Waals surface area contributed by atoms with Crippen LogP contribution in [0.4, 0.5) is 5.69 Å². The molecule has 1 amide bonds. The lowest BCUT2D eigenvalue weighted by atomic mass is 10.1. The molecule has 1 aromatic rings. The van der Waals surface area contributed by atoms with Gasteiger partial charge in [-0.05, 0) is 11.6 Å². The molecule has 0 radical (unpaired) electrons. The number of rotatable bonds is 4. The number of nitro benzene ring substituents is 1. The van der Waals surface area contributed by atoms with E-state index in [1.165, 1.54) is 12.1 Å². The maximum Gasteiger partial charge on any atom is 0.270 e. The minimum Gasteiger partial charge on any atom is -0.368 e. The number of nitrogens with one attached hydrogen (secondary N) is 1. The second kappa shape index (κ2) is 6.29. The Kier molecular flexibility index (Phi) is 4.69. The first-order valence-electron chi connectivity index (χ1n) is 6.16. The van der Waals surface area contributed by atoms with Crippen LogP contribution < -0.4 is 11.1 Å². The van der Waals surface area contributed by atoms with Gasteiger partial charge in [0.25, 0.3) is 5.69 Å². The Morgan fingerprint density at radius 3 is 2.95 bits per heavy atom. The molecule has 1 saturated heterocycles. The molecule has 0 aromatic heterocycles. The third-order valence-corrected chi connectivity index (χ3v) is 4.04. The van der Waals surface area contributed by atoms with Crippen LogP contribution in [0.3, 0.4) is 0 Å². The van der Waals surface area contributed by atoms with Crippen LogP contribution in [0, 0.1) is 10.1 Å². The molecule has 108 valence electrons. The van der Waals surface area contributed by atoms with Crippen molar-refractivity contribution in [1.82, 2.24) is 10.2 Å². The molecular weight excluding hydrogens is 328 g/mol. The van der Waals surface area contributed by atoms with Crippen molar-refractivity contribution in [3.8, 4) is 0 Å². The van der Waals surface area contributed by atoms with Gasteiger partial charge >= 0.3 is 0 Å². The normalized spacial score (nSPS) is 19.8. The second-order valence-corrected chi connectivity index (χ2v) is 5.48. The van der Waals surface area contributed by atoms with Crippen LogP contribution in [0.25, 0.3) is 0 Å². The van der Waals surface area contributed by atoms with E-state index < -0.39 is 4.92 Å². The topological polar surface area (TPSA) is 102 Å². The summed E-state index contributed by atoms with van der Waals surface area (Å²) in [4.78, 5) is 23.7. The van der Waals surface area contributed by atoms with E-state index in [0.29, 0.717) is 24.1 Å². The number of benzene rings is 1. The average Bonchev–Trinajstić information content (AvgIpc) is 2.41. The van der Waals surface area contributed by atoms with E-state index in [1.54, 1.807) is 6.07 Å². The summed E-state index contributed by atoms with van der Waals surface area (Å²) < 4.78 is 0.661. The SMILES string of the molecule is NC(=O)C1CNCCN1Cc1ccc([N+](=O)[O-])cc1Br. The highest BCUT2D eigenvalue weighted by Gasteiger charge is 2.27. The number of nitrogens with zero attached hydrogens (tertiary/aromatic N) is 2. The van der Waals surface area contributed by atoms with Crippen molar-refractivity contribution in [3.05, 3.63) is 38.3 Å². The van der Waals surface area contributed by atoms with Crippen LogP contribution in [-0.4, -0.2) is 41.4 Å². The van der Waals surface area contributed by atoms with Gasteiger partial charge < -0.3 is 11.1 Å². The van der Waals surface area contributed by atoms with Crippen molar-refractivity contribution in [1.29, 1.82) is 0 Å². The summed E-state index contributed by atoms with van der Waals surface area (Å²) in [6, 6.07) is 4.27. The molecule has 1 aliphatic rings. The Morgan fingerprint density at radius 1 is 1.60 bits per heavy atom. The number of hydrogen-bond acceptors (Lipinski definition) is 5. The molecule has 3 N–H and O–H groups in total. The van der Waals surface area contributed by atoms with Crippen LogP contribution in [0.15, 0.2) is 22.7 Å². The number of nitrogens with two attached hydrogens (primary N) is 1. The van der Waals surface area contributed by atoms with Gasteiger partial charge in [-0.2, -0.15) is 0 Å². The highest BCUT2D eigenvalue weighted by molar-refractivity contribution is 9.10. The third kappa shape index (κ3) is 3.33. The van der Waals surface area contributed by atoms with Gasteiger partial charge in [0, 0.05) is 42.8 Å². The minimum atomic E-state index is -0.439. The van der Waals surface area contributed by atoms with E-state index in [2.05, 4.69) is 21.2 Å². The van der Waals surface area contributed by atoms with Crippen molar-refractivity contribution in [2.75, 3.05) is 19.6 Å². The highest BCUT2D eigenvalue weighted by Crippen LogP contribution is 2.24. The molecule has 1 unspecified atom stereocenters. The van der Waals surface area contributed by atoms with E-state index in [0.717, 1.165) is 12.1 Å². The van der Waals surface area contributed by atoms with Crippen molar-refractivity contribution in [2.45, 2.75) is 12.6 Å². The van der Waals surface area contributed by atoms with E-state index in [4.69, 9.17) is 5.73 Å². The molecule has 0 spiro atoms. The Labute approximate surface area is 124 Å². The predicted molar refractivity (Wildman–Crippen MR) is 77.1 cm³/mol. The first-order chi connectivity index (χ1) is 9.49. The fourth-order valence-electron chi connectivity index (χ4n) is 2.21. The number of hydrogen-bond donors (Lipinski definition) is 2. The lowest BCUT2D eigenvalue weighted by Crippen LogP contribution is -2.56. The van der Waals surface area contributed by atoms with Gasteiger partial charge in [-0.1, -0.05) is 15.9 Å². The zero-order valence-electron chi connectivity index (χ0n) is 10.7. The maximum absolute atomic E-state index is 11.4. The minimum absolute atomic E-state index is 0.0346. The summed E-state index contributed by atoms with van der Waals surface area (Å²) in [5.74, 6) is -0.366. The van der Waals surface area contributed by atoms with Gasteiger partial charge in [-0.3, -0.25) is 19.8 Å². The number of piperazine rings is 1. The van der Waals surface area contributed by atoms with Crippen molar-refractivity contribution < 1.29 is 9.72 Å². The maximum atomic E-state index is 11.4. The number of carbonyl (C=O) groups is 1. The van der Waals surface area contributed by atoms with Gasteiger partial charge in [-0.15, -0.1) is 0 Å². The fraction of sp³-hybridized carbons (Fsp3) is 0.417. The number of amides is 1. The third-order valence-electron chi connectivity index (χ3n) is 3.30. The van der Waals surface area contributed by atoms with Gasteiger partial charge in [0.2, 0.25) is 5.91 Å². The summed E-state index contributed by atoms with van der Waals surface area (Å²) in [5.41, 5.74) is 6.32. The highest BCUT2D eigenvalue weighted by atomic mass is 79.9. The zero-order chi connectivity index (χ0) is 14.7. The molecule has 8 heteroatoms. The Morgan fingerprint density at radius 2 is 2.35 bits per heavy atom. The van der Waals surface area contributed by atoms with Crippen LogP contribution in [-0.2, 0) is 11.3 Å². The number of non-ortho nitro benzene ring substituents is 1. The molecule has 1 heterocycles. The average molecular weight is 343 g/mol. The summed E-state index contributed by atoms with van der Waals surface area (Å²) in [6.07, 6.45) is 0. The molecule has 7 nitrogen and oxygen atoms in total. The van der Waals surface area contributed by atoms with Crippen molar-refractivity contribution in [2.24, 2.45) is 5.73 Å². The second-order valence-electron chi connectivity index (χ2n) is 4.63. The molecule has 0 saturated carbocycles. The van der Waals surface area contributed by atoms with E-state index in [1.807, 2.05) is 4.90 Å². The fourth-order valence-corrected chi connectivity index (χ4v) is 2.71. The van der Waals surface area contributed by atoms with E-state index >= 15 is 0 Å². The first-order valence-corrected chi connectivity index (χ1v) is 6.95. The molecular formula is C12H15BrN4O3. The monoisotopic (exact) mass is 342 g/mol. The molecule has 1 fully saturated rings. The molecule has 0 aliphatic carbocycles. The Hall–Kier alpha value is -1.51.